The van der Waals surface area contributed by atoms with Gasteiger partial charge in [-0.2, -0.15) is 0 Å². The maximum Gasteiger partial charge on any atom is 0.239 e. The van der Waals surface area contributed by atoms with Crippen molar-refractivity contribution in [2.45, 2.75) is 26.8 Å². The average Bonchev–Trinajstić information content (AvgIpc) is 3.24. The van der Waals surface area contributed by atoms with E-state index in [1.807, 2.05) is 65.4 Å². The second-order valence-corrected chi connectivity index (χ2v) is 8.30. The molecule has 0 bridgehead atoms. The molecule has 2 heterocycles. The Morgan fingerprint density at radius 3 is 2.46 bits per heavy atom. The van der Waals surface area contributed by atoms with Gasteiger partial charge in [-0.05, 0) is 55.9 Å². The fourth-order valence-electron chi connectivity index (χ4n) is 4.09. The number of fused-ring (bicyclic) bond motifs is 1. The first-order valence-corrected chi connectivity index (χ1v) is 12.0. The van der Waals surface area contributed by atoms with Crippen molar-refractivity contribution >= 4 is 22.8 Å². The summed E-state index contributed by atoms with van der Waals surface area (Å²) in [4.78, 5) is 23.6. The molecule has 4 rings (SSSR count). The number of nitrogen functional groups attached to an aromatic ring is 1. The summed E-state index contributed by atoms with van der Waals surface area (Å²) in [6, 6.07) is 17.4. The van der Waals surface area contributed by atoms with Crippen molar-refractivity contribution in [1.29, 1.82) is 0 Å². The van der Waals surface area contributed by atoms with Crippen LogP contribution in [0.15, 0.2) is 67.1 Å². The second kappa shape index (κ2) is 11.5. The molecule has 35 heavy (non-hydrogen) atoms. The smallest absolute Gasteiger partial charge is 0.239 e. The Bertz CT molecular complexity index is 1250. The average molecular weight is 473 g/mol. The normalized spacial score (nSPS) is 11.2. The molecule has 0 aliphatic rings. The number of anilines is 1. The molecule has 2 aromatic carbocycles. The summed E-state index contributed by atoms with van der Waals surface area (Å²) in [5.41, 5.74) is 8.68. The number of amides is 1. The Morgan fingerprint density at radius 1 is 1.03 bits per heavy atom. The predicted molar refractivity (Wildman–Crippen MR) is 139 cm³/mol. The third kappa shape index (κ3) is 5.96. The van der Waals surface area contributed by atoms with Crippen molar-refractivity contribution in [3.8, 4) is 22.6 Å². The molecule has 0 aliphatic carbocycles. The topological polar surface area (TPSA) is 98.3 Å². The van der Waals surface area contributed by atoms with E-state index in [1.54, 1.807) is 0 Å². The van der Waals surface area contributed by atoms with E-state index in [0.717, 1.165) is 54.1 Å². The van der Waals surface area contributed by atoms with E-state index < -0.39 is 0 Å². The summed E-state index contributed by atoms with van der Waals surface area (Å²) in [5.74, 6) is 1.83. The highest BCUT2D eigenvalue weighted by Gasteiger charge is 2.17. The molecule has 0 aliphatic heterocycles. The Labute approximate surface area is 205 Å². The van der Waals surface area contributed by atoms with Gasteiger partial charge in [0.2, 0.25) is 5.91 Å². The lowest BCUT2D eigenvalue weighted by molar-refractivity contribution is -0.121. The van der Waals surface area contributed by atoms with E-state index in [0.29, 0.717) is 18.0 Å². The second-order valence-electron chi connectivity index (χ2n) is 8.30. The number of carbonyl (C=O) groups is 1. The van der Waals surface area contributed by atoms with Crippen molar-refractivity contribution in [2.75, 3.05) is 31.9 Å². The van der Waals surface area contributed by atoms with Crippen LogP contribution in [-0.4, -0.2) is 51.5 Å². The Kier molecular flexibility index (Phi) is 7.95. The molecule has 4 aromatic rings. The number of aromatic nitrogens is 3. The molecule has 0 spiro atoms. The maximum absolute atomic E-state index is 12.7. The molecule has 2 aromatic heterocycles. The van der Waals surface area contributed by atoms with Gasteiger partial charge >= 0.3 is 0 Å². The van der Waals surface area contributed by atoms with E-state index in [4.69, 9.17) is 10.5 Å². The Hall–Kier alpha value is -3.91. The molecule has 3 N–H and O–H groups in total. The van der Waals surface area contributed by atoms with Crippen molar-refractivity contribution in [1.82, 2.24) is 24.8 Å². The third-order valence-corrected chi connectivity index (χ3v) is 6.01. The minimum Gasteiger partial charge on any atom is -0.457 e. The van der Waals surface area contributed by atoms with Crippen LogP contribution in [0.5, 0.6) is 11.5 Å². The first-order chi connectivity index (χ1) is 17.1. The van der Waals surface area contributed by atoms with E-state index in [-0.39, 0.29) is 12.5 Å². The minimum atomic E-state index is -0.0585. The number of hydrogen-bond donors (Lipinski definition) is 2. The zero-order valence-electron chi connectivity index (χ0n) is 20.3. The van der Waals surface area contributed by atoms with Crippen LogP contribution in [0.3, 0.4) is 0 Å². The van der Waals surface area contributed by atoms with Crippen LogP contribution in [0, 0.1) is 0 Å². The number of nitrogens with one attached hydrogen (secondary N) is 1. The fraction of sp³-hybridized carbons (Fsp3) is 0.296. The van der Waals surface area contributed by atoms with Crippen molar-refractivity contribution in [3.05, 3.63) is 67.1 Å². The Morgan fingerprint density at radius 2 is 1.74 bits per heavy atom. The Balaban J connectivity index is 1.49. The standard InChI is InChI=1S/C27H32N6O2/c1-3-32(4-2)16-8-15-29-24(34)18-33-17-23(25-26(28)30-19-31-27(25)33)20-11-13-22(14-12-20)35-21-9-6-5-7-10-21/h5-7,9-14,17,19H,3-4,8,15-16,18H2,1-2H3,(H,29,34)(H2,28,30,31). The number of nitrogens with zero attached hydrogens (tertiary/aromatic N) is 4. The highest BCUT2D eigenvalue weighted by molar-refractivity contribution is 6.01. The lowest BCUT2D eigenvalue weighted by Crippen LogP contribution is -2.31. The maximum atomic E-state index is 12.7. The summed E-state index contributed by atoms with van der Waals surface area (Å²) in [6.07, 6.45) is 4.26. The molecule has 8 nitrogen and oxygen atoms in total. The molecule has 0 saturated heterocycles. The lowest BCUT2D eigenvalue weighted by atomic mass is 10.1. The quantitative estimate of drug-likeness (QED) is 0.316. The van der Waals surface area contributed by atoms with Crippen molar-refractivity contribution < 1.29 is 9.53 Å². The van der Waals surface area contributed by atoms with Gasteiger partial charge in [0.05, 0.1) is 5.39 Å². The van der Waals surface area contributed by atoms with E-state index in [1.165, 1.54) is 6.33 Å². The van der Waals surface area contributed by atoms with E-state index >= 15 is 0 Å². The molecule has 182 valence electrons. The van der Waals surface area contributed by atoms with Gasteiger partial charge in [0.25, 0.3) is 0 Å². The predicted octanol–water partition coefficient (Wildman–Crippen LogP) is 4.32. The van der Waals surface area contributed by atoms with Gasteiger partial charge in [-0.25, -0.2) is 9.97 Å². The van der Waals surface area contributed by atoms with E-state index in [2.05, 4.69) is 34.0 Å². The summed E-state index contributed by atoms with van der Waals surface area (Å²) < 4.78 is 7.73. The van der Waals surface area contributed by atoms with Crippen LogP contribution in [-0.2, 0) is 11.3 Å². The number of carbonyl (C=O) groups excluding carboxylic acids is 1. The number of benzene rings is 2. The monoisotopic (exact) mass is 472 g/mol. The molecule has 0 fully saturated rings. The SMILES string of the molecule is CCN(CC)CCCNC(=O)Cn1cc(-c2ccc(Oc3ccccc3)cc2)c2c(N)ncnc21. The minimum absolute atomic E-state index is 0.0585. The van der Waals surface area contributed by atoms with Gasteiger partial charge in [0.1, 0.15) is 35.8 Å². The van der Waals surface area contributed by atoms with Crippen LogP contribution in [0.1, 0.15) is 20.3 Å². The molecule has 0 unspecified atom stereocenters. The van der Waals surface area contributed by atoms with Gasteiger partial charge < -0.3 is 25.3 Å². The van der Waals surface area contributed by atoms with Crippen molar-refractivity contribution in [3.63, 3.8) is 0 Å². The largest absolute Gasteiger partial charge is 0.457 e. The highest BCUT2D eigenvalue weighted by Crippen LogP contribution is 2.34. The highest BCUT2D eigenvalue weighted by atomic mass is 16.5. The van der Waals surface area contributed by atoms with Gasteiger partial charge in [-0.15, -0.1) is 0 Å². The number of hydrogen-bond acceptors (Lipinski definition) is 6. The number of nitrogens with two attached hydrogens (primary N) is 1. The van der Waals surface area contributed by atoms with Crippen LogP contribution in [0.25, 0.3) is 22.2 Å². The number of para-hydroxylation sites is 1. The first kappa shape index (κ1) is 24.2. The van der Waals surface area contributed by atoms with E-state index in [9.17, 15) is 4.79 Å². The zero-order chi connectivity index (χ0) is 24.6. The summed E-state index contributed by atoms with van der Waals surface area (Å²) in [6.45, 7) is 8.10. The molecule has 0 radical (unpaired) electrons. The van der Waals surface area contributed by atoms with Gasteiger partial charge in [-0.1, -0.05) is 44.2 Å². The van der Waals surface area contributed by atoms with Crippen LogP contribution in [0.4, 0.5) is 5.82 Å². The lowest BCUT2D eigenvalue weighted by Gasteiger charge is -2.17. The van der Waals surface area contributed by atoms with Crippen LogP contribution < -0.4 is 15.8 Å². The number of rotatable bonds is 11. The molecule has 1 amide bonds. The zero-order valence-corrected chi connectivity index (χ0v) is 20.3. The third-order valence-electron chi connectivity index (χ3n) is 6.01. The van der Waals surface area contributed by atoms with Gasteiger partial charge in [-0.3, -0.25) is 4.79 Å². The molecule has 0 saturated carbocycles. The van der Waals surface area contributed by atoms with Crippen molar-refractivity contribution in [2.24, 2.45) is 0 Å². The first-order valence-electron chi connectivity index (χ1n) is 12.0. The van der Waals surface area contributed by atoms with Gasteiger partial charge in [0.15, 0.2) is 0 Å². The molecular weight excluding hydrogens is 440 g/mol. The van der Waals surface area contributed by atoms with Crippen LogP contribution in [0.2, 0.25) is 0 Å². The molecule has 8 heteroatoms. The van der Waals surface area contributed by atoms with Gasteiger partial charge in [0, 0.05) is 18.3 Å². The summed E-state index contributed by atoms with van der Waals surface area (Å²) in [7, 11) is 0. The summed E-state index contributed by atoms with van der Waals surface area (Å²) in [5, 5.41) is 3.75. The van der Waals surface area contributed by atoms with Crippen LogP contribution >= 0.6 is 0 Å². The summed E-state index contributed by atoms with van der Waals surface area (Å²) >= 11 is 0. The molecular formula is C27H32N6O2. The number of ether oxygens (including phenoxy) is 1. The fourth-order valence-corrected chi connectivity index (χ4v) is 4.09. The molecule has 0 atom stereocenters.